The summed E-state index contributed by atoms with van der Waals surface area (Å²) in [5.41, 5.74) is 6.93. The highest BCUT2D eigenvalue weighted by molar-refractivity contribution is 5.20. The Morgan fingerprint density at radius 1 is 1.56 bits per heavy atom. The van der Waals surface area contributed by atoms with E-state index in [2.05, 4.69) is 4.90 Å². The van der Waals surface area contributed by atoms with Crippen LogP contribution in [-0.2, 0) is 4.74 Å². The van der Waals surface area contributed by atoms with E-state index in [1.165, 1.54) is 12.1 Å². The number of halogens is 1. The van der Waals surface area contributed by atoms with Crippen LogP contribution in [0.5, 0.6) is 0 Å². The number of hydrogen-bond donors (Lipinski definition) is 1. The van der Waals surface area contributed by atoms with E-state index in [1.807, 2.05) is 13.1 Å². The van der Waals surface area contributed by atoms with Gasteiger partial charge in [-0.3, -0.25) is 0 Å². The van der Waals surface area contributed by atoms with Crippen molar-refractivity contribution in [3.8, 4) is 0 Å². The maximum Gasteiger partial charge on any atom is 0.123 e. The molecule has 0 aromatic heterocycles. The molecule has 0 radical (unpaired) electrons. The number of nitrogens with zero attached hydrogens (tertiary/aromatic N) is 1. The minimum absolute atomic E-state index is 0.160. The van der Waals surface area contributed by atoms with Crippen LogP contribution in [0.4, 0.5) is 4.39 Å². The number of likely N-dealkylation sites (N-methyl/N-ethyl adjacent to an activating group) is 1. The maximum atomic E-state index is 13.1. The van der Waals surface area contributed by atoms with Gasteiger partial charge in [-0.15, -0.1) is 0 Å². The molecule has 0 bridgehead atoms. The third-order valence-corrected chi connectivity index (χ3v) is 3.32. The van der Waals surface area contributed by atoms with Crippen LogP contribution < -0.4 is 5.73 Å². The predicted molar refractivity (Wildman–Crippen MR) is 69.8 cm³/mol. The standard InChI is InChI=1S/C14H21FN2O/c1-17(9-13-6-3-7-18-13)10-14(16)11-4-2-5-12(15)8-11/h2,4-5,8,13-14H,3,6-7,9-10,16H2,1H3. The van der Waals surface area contributed by atoms with E-state index in [0.29, 0.717) is 12.6 Å². The van der Waals surface area contributed by atoms with Crippen LogP contribution in [0.25, 0.3) is 0 Å². The first-order chi connectivity index (χ1) is 8.65. The van der Waals surface area contributed by atoms with Crippen molar-refractivity contribution in [3.63, 3.8) is 0 Å². The Labute approximate surface area is 108 Å². The van der Waals surface area contributed by atoms with E-state index in [1.54, 1.807) is 6.07 Å². The lowest BCUT2D eigenvalue weighted by atomic mass is 10.1. The highest BCUT2D eigenvalue weighted by atomic mass is 19.1. The van der Waals surface area contributed by atoms with Gasteiger partial charge in [0.05, 0.1) is 6.10 Å². The molecular weight excluding hydrogens is 231 g/mol. The Hall–Kier alpha value is -0.970. The summed E-state index contributed by atoms with van der Waals surface area (Å²) in [7, 11) is 2.03. The Bertz CT molecular complexity index is 380. The monoisotopic (exact) mass is 252 g/mol. The molecule has 18 heavy (non-hydrogen) atoms. The molecule has 1 aliphatic rings. The first-order valence-corrected chi connectivity index (χ1v) is 6.46. The largest absolute Gasteiger partial charge is 0.377 e. The molecule has 2 atom stereocenters. The zero-order valence-electron chi connectivity index (χ0n) is 10.8. The van der Waals surface area contributed by atoms with E-state index in [0.717, 1.165) is 31.6 Å². The molecule has 1 fully saturated rings. The fourth-order valence-electron chi connectivity index (χ4n) is 2.39. The normalized spacial score (nSPS) is 21.4. The fraction of sp³-hybridized carbons (Fsp3) is 0.571. The minimum atomic E-state index is -0.232. The highest BCUT2D eigenvalue weighted by Gasteiger charge is 2.18. The van der Waals surface area contributed by atoms with Gasteiger partial charge in [0, 0.05) is 25.7 Å². The quantitative estimate of drug-likeness (QED) is 0.870. The Kier molecular flexibility index (Phi) is 4.69. The molecule has 0 amide bonds. The third kappa shape index (κ3) is 3.77. The first kappa shape index (κ1) is 13.5. The maximum absolute atomic E-state index is 13.1. The van der Waals surface area contributed by atoms with Gasteiger partial charge in [-0.1, -0.05) is 12.1 Å². The lowest BCUT2D eigenvalue weighted by Gasteiger charge is -2.24. The molecule has 100 valence electrons. The van der Waals surface area contributed by atoms with Gasteiger partial charge in [-0.2, -0.15) is 0 Å². The second-order valence-corrected chi connectivity index (χ2v) is 5.02. The van der Waals surface area contributed by atoms with Gasteiger partial charge in [-0.25, -0.2) is 4.39 Å². The van der Waals surface area contributed by atoms with Gasteiger partial charge in [0.15, 0.2) is 0 Å². The van der Waals surface area contributed by atoms with E-state index >= 15 is 0 Å². The number of ether oxygens (including phenoxy) is 1. The van der Waals surface area contributed by atoms with Crippen LogP contribution >= 0.6 is 0 Å². The average Bonchev–Trinajstić information content (AvgIpc) is 2.81. The van der Waals surface area contributed by atoms with Crippen molar-refractivity contribution in [2.24, 2.45) is 5.73 Å². The number of hydrogen-bond acceptors (Lipinski definition) is 3. The summed E-state index contributed by atoms with van der Waals surface area (Å²) in [6.45, 7) is 2.47. The first-order valence-electron chi connectivity index (χ1n) is 6.46. The molecule has 1 aliphatic heterocycles. The SMILES string of the molecule is CN(CC1CCCO1)CC(N)c1cccc(F)c1. The van der Waals surface area contributed by atoms with Gasteiger partial charge in [0.1, 0.15) is 5.82 Å². The zero-order valence-corrected chi connectivity index (χ0v) is 10.8. The van der Waals surface area contributed by atoms with E-state index < -0.39 is 0 Å². The van der Waals surface area contributed by atoms with Crippen LogP contribution in [0, 0.1) is 5.82 Å². The molecular formula is C14H21FN2O. The topological polar surface area (TPSA) is 38.5 Å². The van der Waals surface area contributed by atoms with E-state index in [4.69, 9.17) is 10.5 Å². The summed E-state index contributed by atoms with van der Waals surface area (Å²) in [4.78, 5) is 2.16. The van der Waals surface area contributed by atoms with Crippen LogP contribution in [0.2, 0.25) is 0 Å². The predicted octanol–water partition coefficient (Wildman–Crippen LogP) is 1.94. The summed E-state index contributed by atoms with van der Waals surface area (Å²) in [6, 6.07) is 6.35. The lowest BCUT2D eigenvalue weighted by molar-refractivity contribution is 0.0796. The molecule has 1 saturated heterocycles. The fourth-order valence-corrected chi connectivity index (χ4v) is 2.39. The third-order valence-electron chi connectivity index (χ3n) is 3.32. The van der Waals surface area contributed by atoms with Crippen molar-refractivity contribution in [2.45, 2.75) is 25.0 Å². The number of nitrogens with two attached hydrogens (primary N) is 1. The van der Waals surface area contributed by atoms with Crippen molar-refractivity contribution >= 4 is 0 Å². The zero-order chi connectivity index (χ0) is 13.0. The molecule has 2 N–H and O–H groups in total. The Morgan fingerprint density at radius 3 is 3.06 bits per heavy atom. The van der Waals surface area contributed by atoms with E-state index in [-0.39, 0.29) is 11.9 Å². The minimum Gasteiger partial charge on any atom is -0.377 e. The van der Waals surface area contributed by atoms with Gasteiger partial charge in [-0.05, 0) is 37.6 Å². The number of benzene rings is 1. The van der Waals surface area contributed by atoms with Crippen LogP contribution in [0.3, 0.4) is 0 Å². The van der Waals surface area contributed by atoms with Crippen LogP contribution in [0.15, 0.2) is 24.3 Å². The van der Waals surface area contributed by atoms with E-state index in [9.17, 15) is 4.39 Å². The summed E-state index contributed by atoms with van der Waals surface area (Å²) >= 11 is 0. The second kappa shape index (κ2) is 6.27. The Morgan fingerprint density at radius 2 is 2.39 bits per heavy atom. The van der Waals surface area contributed by atoms with Crippen molar-refractivity contribution < 1.29 is 9.13 Å². The van der Waals surface area contributed by atoms with Gasteiger partial charge < -0.3 is 15.4 Å². The molecule has 0 spiro atoms. The molecule has 0 saturated carbocycles. The molecule has 0 aliphatic carbocycles. The van der Waals surface area contributed by atoms with Crippen molar-refractivity contribution in [1.29, 1.82) is 0 Å². The highest BCUT2D eigenvalue weighted by Crippen LogP contribution is 2.16. The van der Waals surface area contributed by atoms with Crippen molar-refractivity contribution in [1.82, 2.24) is 4.90 Å². The molecule has 2 unspecified atom stereocenters. The summed E-state index contributed by atoms with van der Waals surface area (Å²) in [5, 5.41) is 0. The van der Waals surface area contributed by atoms with Crippen LogP contribution in [-0.4, -0.2) is 37.7 Å². The second-order valence-electron chi connectivity index (χ2n) is 5.02. The molecule has 1 aromatic carbocycles. The van der Waals surface area contributed by atoms with Crippen LogP contribution in [0.1, 0.15) is 24.4 Å². The lowest BCUT2D eigenvalue weighted by Crippen LogP contribution is -2.34. The van der Waals surface area contributed by atoms with Gasteiger partial charge in [0.2, 0.25) is 0 Å². The average molecular weight is 252 g/mol. The van der Waals surface area contributed by atoms with Crippen molar-refractivity contribution in [3.05, 3.63) is 35.6 Å². The smallest absolute Gasteiger partial charge is 0.123 e. The number of rotatable bonds is 5. The molecule has 1 aromatic rings. The van der Waals surface area contributed by atoms with Gasteiger partial charge in [0.25, 0.3) is 0 Å². The molecule has 1 heterocycles. The Balaban J connectivity index is 1.84. The van der Waals surface area contributed by atoms with Crippen molar-refractivity contribution in [2.75, 3.05) is 26.7 Å². The van der Waals surface area contributed by atoms with Gasteiger partial charge >= 0.3 is 0 Å². The molecule has 4 heteroatoms. The molecule has 3 nitrogen and oxygen atoms in total. The summed E-state index contributed by atoms with van der Waals surface area (Å²) in [5.74, 6) is -0.232. The molecule has 2 rings (SSSR count). The summed E-state index contributed by atoms with van der Waals surface area (Å²) < 4.78 is 18.7. The summed E-state index contributed by atoms with van der Waals surface area (Å²) in [6.07, 6.45) is 2.60.